The zero-order valence-electron chi connectivity index (χ0n) is 9.21. The molecule has 0 saturated carbocycles. The highest BCUT2D eigenvalue weighted by Gasteiger charge is 2.14. The summed E-state index contributed by atoms with van der Waals surface area (Å²) in [5, 5.41) is 9.52. The summed E-state index contributed by atoms with van der Waals surface area (Å²) in [7, 11) is 0. The molecule has 0 radical (unpaired) electrons. The van der Waals surface area contributed by atoms with Gasteiger partial charge in [-0.2, -0.15) is 0 Å². The minimum Gasteiger partial charge on any atom is -0.492 e. The van der Waals surface area contributed by atoms with Gasteiger partial charge < -0.3 is 9.52 Å². The van der Waals surface area contributed by atoms with Gasteiger partial charge in [0.1, 0.15) is 0 Å². The Kier molecular flexibility index (Phi) is 2.53. The van der Waals surface area contributed by atoms with Crippen LogP contribution in [0.2, 0.25) is 0 Å². The average Bonchev–Trinajstić information content (AvgIpc) is 2.97. The fraction of sp³-hybridized carbons (Fsp3) is 0. The van der Waals surface area contributed by atoms with E-state index in [0.29, 0.717) is 4.88 Å². The van der Waals surface area contributed by atoms with Crippen molar-refractivity contribution in [2.24, 2.45) is 0 Å². The van der Waals surface area contributed by atoms with Gasteiger partial charge in [0.05, 0.1) is 4.88 Å². The van der Waals surface area contributed by atoms with Gasteiger partial charge >= 0.3 is 5.76 Å². The van der Waals surface area contributed by atoms with Gasteiger partial charge in [-0.3, -0.25) is 4.98 Å². The lowest BCUT2D eigenvalue weighted by Crippen LogP contribution is -1.92. The molecular formula is C13H9NO3S. The molecule has 1 aromatic carbocycles. The molecular weight excluding hydrogens is 250 g/mol. The molecule has 0 atom stereocenters. The van der Waals surface area contributed by atoms with Gasteiger partial charge in [0, 0.05) is 4.88 Å². The maximum Gasteiger partial charge on any atom is 0.419 e. The van der Waals surface area contributed by atoms with E-state index in [-0.39, 0.29) is 11.6 Å². The number of aromatic hydroxyl groups is 1. The predicted molar refractivity (Wildman–Crippen MR) is 69.7 cm³/mol. The van der Waals surface area contributed by atoms with Gasteiger partial charge in [0.15, 0.2) is 0 Å². The van der Waals surface area contributed by atoms with E-state index in [0.717, 1.165) is 10.4 Å². The van der Waals surface area contributed by atoms with Gasteiger partial charge in [-0.1, -0.05) is 30.3 Å². The number of aromatic amines is 1. The predicted octanol–water partition coefficient (Wildman–Crippen LogP) is 3.07. The molecule has 18 heavy (non-hydrogen) atoms. The van der Waals surface area contributed by atoms with Crippen LogP contribution in [0.15, 0.2) is 51.7 Å². The van der Waals surface area contributed by atoms with Crippen molar-refractivity contribution in [3.8, 4) is 27.0 Å². The Balaban J connectivity index is 2.05. The number of nitrogens with one attached hydrogen (secondary N) is 1. The third-order valence-electron chi connectivity index (χ3n) is 2.52. The number of aromatic nitrogens is 1. The first kappa shape index (κ1) is 10.9. The van der Waals surface area contributed by atoms with E-state index < -0.39 is 5.76 Å². The van der Waals surface area contributed by atoms with Gasteiger partial charge in [-0.25, -0.2) is 4.79 Å². The van der Waals surface area contributed by atoms with Crippen molar-refractivity contribution in [2.45, 2.75) is 0 Å². The van der Waals surface area contributed by atoms with E-state index in [1.165, 1.54) is 11.3 Å². The van der Waals surface area contributed by atoms with Crippen molar-refractivity contribution in [3.05, 3.63) is 53.0 Å². The van der Waals surface area contributed by atoms with Crippen LogP contribution < -0.4 is 5.76 Å². The van der Waals surface area contributed by atoms with Crippen molar-refractivity contribution in [3.63, 3.8) is 0 Å². The quantitative estimate of drug-likeness (QED) is 0.743. The fourth-order valence-corrected chi connectivity index (χ4v) is 2.70. The monoisotopic (exact) mass is 259 g/mol. The summed E-state index contributed by atoms with van der Waals surface area (Å²) in [6, 6.07) is 13.6. The second-order valence-corrected chi connectivity index (χ2v) is 4.81. The lowest BCUT2D eigenvalue weighted by Gasteiger charge is -1.94. The largest absolute Gasteiger partial charge is 0.492 e. The molecule has 2 aromatic heterocycles. The second-order valence-electron chi connectivity index (χ2n) is 3.72. The summed E-state index contributed by atoms with van der Waals surface area (Å²) >= 11 is 1.45. The molecule has 0 saturated heterocycles. The molecule has 0 unspecified atom stereocenters. The number of H-pyrrole nitrogens is 1. The van der Waals surface area contributed by atoms with Crippen LogP contribution in [0.5, 0.6) is 5.88 Å². The van der Waals surface area contributed by atoms with Crippen LogP contribution in [0, 0.1) is 0 Å². The highest BCUT2D eigenvalue weighted by Crippen LogP contribution is 2.36. The minimum atomic E-state index is -0.655. The third kappa shape index (κ3) is 1.84. The van der Waals surface area contributed by atoms with Crippen LogP contribution in [-0.2, 0) is 0 Å². The number of hydrogen-bond donors (Lipinski definition) is 2. The van der Waals surface area contributed by atoms with Gasteiger partial charge in [0.25, 0.3) is 0 Å². The van der Waals surface area contributed by atoms with Crippen molar-refractivity contribution in [1.29, 1.82) is 0 Å². The summed E-state index contributed by atoms with van der Waals surface area (Å²) in [4.78, 5) is 14.9. The maximum atomic E-state index is 11.0. The summed E-state index contributed by atoms with van der Waals surface area (Å²) < 4.78 is 4.90. The Morgan fingerprint density at radius 1 is 1.06 bits per heavy atom. The summed E-state index contributed by atoms with van der Waals surface area (Å²) in [5.74, 6) is -0.703. The molecule has 0 fully saturated rings. The Morgan fingerprint density at radius 3 is 2.44 bits per heavy atom. The smallest absolute Gasteiger partial charge is 0.419 e. The average molecular weight is 259 g/mol. The first-order valence-electron chi connectivity index (χ1n) is 5.32. The van der Waals surface area contributed by atoms with Crippen molar-refractivity contribution in [2.75, 3.05) is 0 Å². The van der Waals surface area contributed by atoms with Crippen LogP contribution in [-0.4, -0.2) is 10.1 Å². The SMILES string of the molecule is O=c1[nH]c(O)c(-c2ccc(-c3ccccc3)s2)o1. The third-order valence-corrected chi connectivity index (χ3v) is 3.65. The Labute approximate surface area is 106 Å². The standard InChI is InChI=1S/C13H9NO3S/c15-12-11(17-13(16)14-12)10-7-6-9(18-10)8-4-2-1-3-5-8/h1-7,15H,(H,14,16). The number of benzene rings is 1. The lowest BCUT2D eigenvalue weighted by atomic mass is 10.2. The molecule has 0 bridgehead atoms. The molecule has 90 valence electrons. The van der Waals surface area contributed by atoms with Crippen molar-refractivity contribution >= 4 is 11.3 Å². The molecule has 2 heterocycles. The molecule has 0 spiro atoms. The van der Waals surface area contributed by atoms with Gasteiger partial charge in [-0.15, -0.1) is 11.3 Å². The highest BCUT2D eigenvalue weighted by molar-refractivity contribution is 7.18. The Morgan fingerprint density at radius 2 is 1.78 bits per heavy atom. The topological polar surface area (TPSA) is 66.2 Å². The first-order chi connectivity index (χ1) is 8.74. The van der Waals surface area contributed by atoms with Crippen molar-refractivity contribution < 1.29 is 9.52 Å². The van der Waals surface area contributed by atoms with E-state index in [2.05, 4.69) is 4.98 Å². The fourth-order valence-electron chi connectivity index (χ4n) is 1.70. The van der Waals surface area contributed by atoms with Crippen LogP contribution >= 0.6 is 11.3 Å². The zero-order chi connectivity index (χ0) is 12.5. The van der Waals surface area contributed by atoms with E-state index >= 15 is 0 Å². The molecule has 0 aliphatic carbocycles. The molecule has 2 N–H and O–H groups in total. The van der Waals surface area contributed by atoms with Crippen molar-refractivity contribution in [1.82, 2.24) is 4.98 Å². The lowest BCUT2D eigenvalue weighted by molar-refractivity contribution is 0.453. The molecule has 0 aliphatic rings. The molecule has 3 aromatic rings. The van der Waals surface area contributed by atoms with Crippen LogP contribution in [0.4, 0.5) is 0 Å². The van der Waals surface area contributed by atoms with Gasteiger partial charge in [0.2, 0.25) is 11.6 Å². The van der Waals surface area contributed by atoms with Crippen LogP contribution in [0.3, 0.4) is 0 Å². The van der Waals surface area contributed by atoms with E-state index in [4.69, 9.17) is 4.42 Å². The maximum absolute atomic E-state index is 11.0. The molecule has 3 rings (SSSR count). The van der Waals surface area contributed by atoms with Crippen LogP contribution in [0.25, 0.3) is 21.1 Å². The van der Waals surface area contributed by atoms with E-state index in [1.807, 2.05) is 42.5 Å². The molecule has 0 aliphatic heterocycles. The first-order valence-corrected chi connectivity index (χ1v) is 6.13. The summed E-state index contributed by atoms with van der Waals surface area (Å²) in [6.07, 6.45) is 0. The van der Waals surface area contributed by atoms with E-state index in [1.54, 1.807) is 0 Å². The summed E-state index contributed by atoms with van der Waals surface area (Å²) in [6.45, 7) is 0. The zero-order valence-corrected chi connectivity index (χ0v) is 10.0. The normalized spacial score (nSPS) is 10.7. The number of oxazole rings is 1. The minimum absolute atomic E-state index is 0.187. The Hall–Kier alpha value is -2.27. The van der Waals surface area contributed by atoms with Gasteiger partial charge in [-0.05, 0) is 17.7 Å². The summed E-state index contributed by atoms with van der Waals surface area (Å²) in [5.41, 5.74) is 1.09. The number of rotatable bonds is 2. The number of thiophene rings is 1. The molecule has 5 heteroatoms. The Bertz CT molecular complexity index is 724. The molecule has 0 amide bonds. The van der Waals surface area contributed by atoms with E-state index in [9.17, 15) is 9.90 Å². The number of hydrogen-bond acceptors (Lipinski definition) is 4. The highest BCUT2D eigenvalue weighted by atomic mass is 32.1. The molecule has 4 nitrogen and oxygen atoms in total. The second kappa shape index (κ2) is 4.19. The van der Waals surface area contributed by atoms with Crippen LogP contribution in [0.1, 0.15) is 0 Å².